The summed E-state index contributed by atoms with van der Waals surface area (Å²) in [5, 5.41) is 0. The van der Waals surface area contributed by atoms with Crippen LogP contribution in [0.25, 0.3) is 33.5 Å². The van der Waals surface area contributed by atoms with Gasteiger partial charge in [-0.3, -0.25) is 0 Å². The van der Waals surface area contributed by atoms with Crippen molar-refractivity contribution >= 4 is 11.0 Å². The first kappa shape index (κ1) is 15.0. The molecule has 0 saturated heterocycles. The average molecular weight is 336 g/mol. The zero-order valence-corrected chi connectivity index (χ0v) is 15.0. The molecular formula is C24H20N2. The van der Waals surface area contributed by atoms with Crippen molar-refractivity contribution in [1.29, 1.82) is 0 Å². The third-order valence-electron chi connectivity index (χ3n) is 5.17. The molecule has 5 aromatic rings. The standard InChI is InChI=1S/C24H20N2/c1-17-15-21-7-3-5-13-25(21)23(17)19-9-11-20(12-10-19)24-18(2)16-22-8-4-6-14-26(22)24/h3-16H,1-2H3. The molecule has 4 heterocycles. The van der Waals surface area contributed by atoms with Crippen molar-refractivity contribution in [2.24, 2.45) is 0 Å². The van der Waals surface area contributed by atoms with Crippen LogP contribution >= 0.6 is 0 Å². The normalized spacial score (nSPS) is 11.5. The number of aryl methyl sites for hydroxylation is 2. The van der Waals surface area contributed by atoms with Crippen molar-refractivity contribution in [2.75, 3.05) is 0 Å². The molecule has 26 heavy (non-hydrogen) atoms. The van der Waals surface area contributed by atoms with E-state index in [0.29, 0.717) is 0 Å². The van der Waals surface area contributed by atoms with Gasteiger partial charge in [-0.1, -0.05) is 36.4 Å². The predicted molar refractivity (Wildman–Crippen MR) is 109 cm³/mol. The smallest absolute Gasteiger partial charge is 0.0557 e. The Hall–Kier alpha value is -3.26. The number of hydrogen-bond donors (Lipinski definition) is 0. The number of rotatable bonds is 2. The molecule has 0 unspecified atom stereocenters. The fourth-order valence-corrected chi connectivity index (χ4v) is 4.03. The molecule has 0 fully saturated rings. The molecule has 1 aromatic carbocycles. The molecule has 0 amide bonds. The summed E-state index contributed by atoms with van der Waals surface area (Å²) >= 11 is 0. The van der Waals surface area contributed by atoms with E-state index in [2.05, 4.69) is 108 Å². The number of benzene rings is 1. The van der Waals surface area contributed by atoms with Gasteiger partial charge in [-0.15, -0.1) is 0 Å². The summed E-state index contributed by atoms with van der Waals surface area (Å²) in [6.45, 7) is 4.36. The van der Waals surface area contributed by atoms with Crippen LogP contribution in [0, 0.1) is 13.8 Å². The van der Waals surface area contributed by atoms with E-state index in [9.17, 15) is 0 Å². The zero-order valence-electron chi connectivity index (χ0n) is 15.0. The van der Waals surface area contributed by atoms with Gasteiger partial charge in [0.2, 0.25) is 0 Å². The molecule has 0 bridgehead atoms. The van der Waals surface area contributed by atoms with Gasteiger partial charge in [0.05, 0.1) is 11.4 Å². The van der Waals surface area contributed by atoms with Crippen LogP contribution in [-0.4, -0.2) is 8.80 Å². The third kappa shape index (κ3) is 2.19. The lowest BCUT2D eigenvalue weighted by Crippen LogP contribution is -1.91. The fourth-order valence-electron chi connectivity index (χ4n) is 4.03. The Kier molecular flexibility index (Phi) is 3.26. The van der Waals surface area contributed by atoms with Gasteiger partial charge >= 0.3 is 0 Å². The molecule has 0 aliphatic carbocycles. The van der Waals surface area contributed by atoms with Crippen LogP contribution < -0.4 is 0 Å². The van der Waals surface area contributed by atoms with Crippen LogP contribution in [-0.2, 0) is 0 Å². The van der Waals surface area contributed by atoms with E-state index >= 15 is 0 Å². The second-order valence-corrected chi connectivity index (χ2v) is 6.92. The monoisotopic (exact) mass is 336 g/mol. The lowest BCUT2D eigenvalue weighted by molar-refractivity contribution is 1.19. The quantitative estimate of drug-likeness (QED) is 0.366. The Morgan fingerprint density at radius 3 is 1.38 bits per heavy atom. The Balaban J connectivity index is 1.65. The molecule has 0 N–H and O–H groups in total. The van der Waals surface area contributed by atoms with E-state index in [1.807, 2.05) is 0 Å². The first-order valence-electron chi connectivity index (χ1n) is 8.96. The highest BCUT2D eigenvalue weighted by atomic mass is 14.9. The van der Waals surface area contributed by atoms with E-state index in [-0.39, 0.29) is 0 Å². The van der Waals surface area contributed by atoms with E-state index < -0.39 is 0 Å². The molecule has 2 heteroatoms. The second-order valence-electron chi connectivity index (χ2n) is 6.92. The minimum Gasteiger partial charge on any atom is -0.316 e. The molecule has 0 aliphatic heterocycles. The number of fused-ring (bicyclic) bond motifs is 2. The first-order valence-corrected chi connectivity index (χ1v) is 8.96. The summed E-state index contributed by atoms with van der Waals surface area (Å²) in [7, 11) is 0. The van der Waals surface area contributed by atoms with Gasteiger partial charge in [0.15, 0.2) is 0 Å². The predicted octanol–water partition coefficient (Wildman–Crippen LogP) is 6.14. The van der Waals surface area contributed by atoms with Crippen molar-refractivity contribution in [3.8, 4) is 22.5 Å². The second kappa shape index (κ2) is 5.63. The lowest BCUT2D eigenvalue weighted by Gasteiger charge is -2.08. The number of hydrogen-bond acceptors (Lipinski definition) is 0. The van der Waals surface area contributed by atoms with Crippen molar-refractivity contribution in [3.05, 3.63) is 96.3 Å². The Morgan fingerprint density at radius 1 is 0.538 bits per heavy atom. The van der Waals surface area contributed by atoms with Crippen molar-refractivity contribution < 1.29 is 0 Å². The van der Waals surface area contributed by atoms with Gasteiger partial charge in [-0.05, 0) is 72.5 Å². The topological polar surface area (TPSA) is 8.82 Å². The van der Waals surface area contributed by atoms with Crippen molar-refractivity contribution in [3.63, 3.8) is 0 Å². The van der Waals surface area contributed by atoms with Crippen LogP contribution in [0.4, 0.5) is 0 Å². The maximum atomic E-state index is 2.27. The number of nitrogens with zero attached hydrogens (tertiary/aromatic N) is 2. The Morgan fingerprint density at radius 2 is 0.962 bits per heavy atom. The van der Waals surface area contributed by atoms with Crippen LogP contribution in [0.15, 0.2) is 85.2 Å². The first-order chi connectivity index (χ1) is 12.7. The minimum absolute atomic E-state index is 1.23. The van der Waals surface area contributed by atoms with Crippen molar-refractivity contribution in [2.45, 2.75) is 13.8 Å². The zero-order chi connectivity index (χ0) is 17.7. The van der Waals surface area contributed by atoms with Crippen LogP contribution in [0.1, 0.15) is 11.1 Å². The van der Waals surface area contributed by atoms with Gasteiger partial charge in [-0.25, -0.2) is 0 Å². The summed E-state index contributed by atoms with van der Waals surface area (Å²) in [6.07, 6.45) is 4.27. The molecular weight excluding hydrogens is 316 g/mol. The van der Waals surface area contributed by atoms with Gasteiger partial charge in [-0.2, -0.15) is 0 Å². The minimum atomic E-state index is 1.23. The molecule has 0 atom stereocenters. The SMILES string of the molecule is Cc1cc2ccccn2c1-c1ccc(-c2c(C)cc3ccccn23)cc1. The summed E-state index contributed by atoms with van der Waals surface area (Å²) in [6, 6.07) is 26.1. The van der Waals surface area contributed by atoms with Crippen LogP contribution in [0.3, 0.4) is 0 Å². The number of aromatic nitrogens is 2. The maximum absolute atomic E-state index is 2.27. The van der Waals surface area contributed by atoms with Crippen molar-refractivity contribution in [1.82, 2.24) is 8.80 Å². The maximum Gasteiger partial charge on any atom is 0.0557 e. The van der Waals surface area contributed by atoms with Crippen LogP contribution in [0.5, 0.6) is 0 Å². The summed E-state index contributed by atoms with van der Waals surface area (Å²) < 4.78 is 4.53. The highest BCUT2D eigenvalue weighted by molar-refractivity contribution is 5.76. The molecule has 5 rings (SSSR count). The van der Waals surface area contributed by atoms with Gasteiger partial charge in [0, 0.05) is 23.4 Å². The summed E-state index contributed by atoms with van der Waals surface area (Å²) in [4.78, 5) is 0. The molecule has 0 aliphatic rings. The third-order valence-corrected chi connectivity index (χ3v) is 5.17. The molecule has 4 aromatic heterocycles. The largest absolute Gasteiger partial charge is 0.316 e. The molecule has 0 spiro atoms. The highest BCUT2D eigenvalue weighted by Crippen LogP contribution is 2.31. The van der Waals surface area contributed by atoms with E-state index in [1.54, 1.807) is 0 Å². The molecule has 2 nitrogen and oxygen atoms in total. The van der Waals surface area contributed by atoms with Gasteiger partial charge < -0.3 is 8.80 Å². The molecule has 0 radical (unpaired) electrons. The van der Waals surface area contributed by atoms with E-state index in [4.69, 9.17) is 0 Å². The Labute approximate surface area is 153 Å². The molecule has 126 valence electrons. The fraction of sp³-hybridized carbons (Fsp3) is 0.0833. The lowest BCUT2D eigenvalue weighted by atomic mass is 10.0. The molecule has 0 saturated carbocycles. The Bertz CT molecular complexity index is 1140. The van der Waals surface area contributed by atoms with Gasteiger partial charge in [0.25, 0.3) is 0 Å². The number of pyridine rings is 2. The highest BCUT2D eigenvalue weighted by Gasteiger charge is 2.12. The van der Waals surface area contributed by atoms with E-state index in [0.717, 1.165) is 0 Å². The summed E-state index contributed by atoms with van der Waals surface area (Å²) in [5.74, 6) is 0. The van der Waals surface area contributed by atoms with Gasteiger partial charge in [0.1, 0.15) is 0 Å². The summed E-state index contributed by atoms with van der Waals surface area (Å²) in [5.41, 5.74) is 10.1. The average Bonchev–Trinajstić information content (AvgIpc) is 3.17. The van der Waals surface area contributed by atoms with E-state index in [1.165, 1.54) is 44.7 Å². The van der Waals surface area contributed by atoms with Crippen LogP contribution in [0.2, 0.25) is 0 Å².